The van der Waals surface area contributed by atoms with Crippen LogP contribution in [0, 0.1) is 0 Å². The number of hydrogen-bond donors (Lipinski definition) is 2. The first kappa shape index (κ1) is 23.7. The van der Waals surface area contributed by atoms with Gasteiger partial charge in [0.05, 0.1) is 17.7 Å². The highest BCUT2D eigenvalue weighted by Crippen LogP contribution is 2.29. The van der Waals surface area contributed by atoms with E-state index >= 15 is 0 Å². The van der Waals surface area contributed by atoms with Crippen molar-refractivity contribution in [2.45, 2.75) is 38.2 Å². The molecular weight excluding hydrogens is 374 g/mol. The van der Waals surface area contributed by atoms with Crippen molar-refractivity contribution < 1.29 is 18.3 Å². The van der Waals surface area contributed by atoms with Crippen molar-refractivity contribution in [2.24, 2.45) is 0 Å². The Labute approximate surface area is 158 Å². The van der Waals surface area contributed by atoms with Crippen LogP contribution in [-0.4, -0.2) is 11.2 Å². The molecule has 0 saturated carbocycles. The average Bonchev–Trinajstić information content (AvgIpc) is 2.55. The summed E-state index contributed by atoms with van der Waals surface area (Å²) in [5.41, 5.74) is 0.780. The summed E-state index contributed by atoms with van der Waals surface area (Å²) in [5.74, 6) is 0. The highest BCUT2D eigenvalue weighted by atomic mass is 35.5. The molecule has 7 heteroatoms. The Morgan fingerprint density at radius 1 is 1.00 bits per heavy atom. The molecule has 2 unspecified atom stereocenters. The van der Waals surface area contributed by atoms with Gasteiger partial charge < -0.3 is 10.4 Å². The highest BCUT2D eigenvalue weighted by molar-refractivity contribution is 5.85. The summed E-state index contributed by atoms with van der Waals surface area (Å²) < 4.78 is 38.3. The van der Waals surface area contributed by atoms with Gasteiger partial charge in [-0.05, 0) is 23.6 Å². The van der Waals surface area contributed by atoms with Gasteiger partial charge in [0, 0.05) is 6.54 Å². The molecule has 2 atom stereocenters. The monoisotopic (exact) mass is 395 g/mol. The molecule has 0 aromatic heterocycles. The van der Waals surface area contributed by atoms with Crippen LogP contribution >= 0.6 is 24.8 Å². The summed E-state index contributed by atoms with van der Waals surface area (Å²) in [6.07, 6.45) is -4.41. The van der Waals surface area contributed by atoms with E-state index in [0.29, 0.717) is 12.0 Å². The number of hydrogen-bond acceptors (Lipinski definition) is 2. The fourth-order valence-electron chi connectivity index (χ4n) is 2.46. The summed E-state index contributed by atoms with van der Waals surface area (Å²) >= 11 is 0. The average molecular weight is 396 g/mol. The molecule has 2 N–H and O–H groups in total. The van der Waals surface area contributed by atoms with Crippen molar-refractivity contribution in [3.63, 3.8) is 0 Å². The molecule has 2 nitrogen and oxygen atoms in total. The van der Waals surface area contributed by atoms with E-state index in [1.165, 1.54) is 6.07 Å². The minimum absolute atomic E-state index is 0. The van der Waals surface area contributed by atoms with E-state index < -0.39 is 17.8 Å². The normalized spacial score (nSPS) is 13.3. The maximum atomic E-state index is 12.8. The molecule has 0 amide bonds. The summed E-state index contributed by atoms with van der Waals surface area (Å²) in [4.78, 5) is 0. The Bertz CT molecular complexity index is 623. The van der Waals surface area contributed by atoms with Gasteiger partial charge in [0.2, 0.25) is 0 Å². The second kappa shape index (κ2) is 10.7. The summed E-state index contributed by atoms with van der Waals surface area (Å²) in [5, 5.41) is 13.4. The maximum Gasteiger partial charge on any atom is 0.416 e. The lowest BCUT2D eigenvalue weighted by Crippen LogP contribution is -2.31. The van der Waals surface area contributed by atoms with E-state index in [0.717, 1.165) is 17.7 Å². The molecule has 0 spiro atoms. The van der Waals surface area contributed by atoms with Crippen LogP contribution in [0.5, 0.6) is 0 Å². The molecule has 0 bridgehead atoms. The van der Waals surface area contributed by atoms with Crippen molar-refractivity contribution in [3.8, 4) is 0 Å². The molecule has 2 aromatic carbocycles. The maximum absolute atomic E-state index is 12.8. The first-order valence-electron chi connectivity index (χ1n) is 7.54. The van der Waals surface area contributed by atoms with Crippen molar-refractivity contribution in [3.05, 3.63) is 71.3 Å². The first-order chi connectivity index (χ1) is 10.9. The zero-order valence-electron chi connectivity index (χ0n) is 13.7. The van der Waals surface area contributed by atoms with Crippen LogP contribution in [-0.2, 0) is 12.7 Å². The molecule has 2 aromatic rings. The van der Waals surface area contributed by atoms with E-state index in [4.69, 9.17) is 0 Å². The standard InChI is InChI=1S/C18H20F3NO.2ClH/c1-2-16(23)17(14-8-4-3-5-9-14)22-12-13-7-6-10-15(11-13)18(19,20)21;;/h3-11,16-17,22-23H,2,12H2,1H3;2*1H. The molecule has 0 aliphatic carbocycles. The highest BCUT2D eigenvalue weighted by Gasteiger charge is 2.30. The Balaban J connectivity index is 0.00000288. The third kappa shape index (κ3) is 6.86. The van der Waals surface area contributed by atoms with Crippen molar-refractivity contribution >= 4 is 24.8 Å². The smallest absolute Gasteiger partial charge is 0.391 e. The number of alkyl halides is 3. The molecule has 0 heterocycles. The van der Waals surface area contributed by atoms with Gasteiger partial charge in [-0.1, -0.05) is 55.5 Å². The predicted octanol–water partition coefficient (Wildman–Crippen LogP) is 5.15. The third-order valence-electron chi connectivity index (χ3n) is 3.74. The number of rotatable bonds is 6. The molecule has 0 aliphatic rings. The van der Waals surface area contributed by atoms with E-state index in [1.54, 1.807) is 6.07 Å². The fourth-order valence-corrected chi connectivity index (χ4v) is 2.46. The van der Waals surface area contributed by atoms with Gasteiger partial charge in [-0.15, -0.1) is 24.8 Å². The zero-order chi connectivity index (χ0) is 16.9. The molecule has 0 aliphatic heterocycles. The van der Waals surface area contributed by atoms with Gasteiger partial charge in [0.15, 0.2) is 0 Å². The van der Waals surface area contributed by atoms with Crippen LogP contribution in [0.25, 0.3) is 0 Å². The van der Waals surface area contributed by atoms with Crippen molar-refractivity contribution in [2.75, 3.05) is 0 Å². The molecule has 0 radical (unpaired) electrons. The minimum Gasteiger partial charge on any atom is -0.391 e. The number of halogens is 5. The fraction of sp³-hybridized carbons (Fsp3) is 0.333. The van der Waals surface area contributed by atoms with E-state index in [-0.39, 0.29) is 37.4 Å². The molecular formula is C18H22Cl2F3NO. The van der Waals surface area contributed by atoms with Gasteiger partial charge >= 0.3 is 6.18 Å². The quantitative estimate of drug-likeness (QED) is 0.708. The Morgan fingerprint density at radius 2 is 1.64 bits per heavy atom. The lowest BCUT2D eigenvalue weighted by atomic mass is 9.99. The van der Waals surface area contributed by atoms with Gasteiger partial charge in [-0.2, -0.15) is 13.2 Å². The number of aliphatic hydroxyl groups excluding tert-OH is 1. The van der Waals surface area contributed by atoms with Crippen molar-refractivity contribution in [1.82, 2.24) is 5.32 Å². The summed E-state index contributed by atoms with van der Waals surface area (Å²) in [6.45, 7) is 2.12. The van der Waals surface area contributed by atoms with Crippen molar-refractivity contribution in [1.29, 1.82) is 0 Å². The topological polar surface area (TPSA) is 32.3 Å². The Morgan fingerprint density at radius 3 is 2.20 bits per heavy atom. The lowest BCUT2D eigenvalue weighted by Gasteiger charge is -2.24. The van der Waals surface area contributed by atoms with E-state index in [2.05, 4.69) is 5.32 Å². The predicted molar refractivity (Wildman–Crippen MR) is 98.3 cm³/mol. The zero-order valence-corrected chi connectivity index (χ0v) is 15.3. The van der Waals surface area contributed by atoms with E-state index in [1.807, 2.05) is 37.3 Å². The molecule has 0 fully saturated rings. The van der Waals surface area contributed by atoms with Crippen LogP contribution < -0.4 is 5.32 Å². The van der Waals surface area contributed by atoms with Crippen LogP contribution in [0.1, 0.15) is 36.1 Å². The summed E-state index contributed by atoms with van der Waals surface area (Å²) in [6, 6.07) is 14.3. The van der Waals surface area contributed by atoms with Gasteiger partial charge in [0.25, 0.3) is 0 Å². The number of aliphatic hydroxyl groups is 1. The SMILES string of the molecule is CCC(O)C(NCc1cccc(C(F)(F)F)c1)c1ccccc1.Cl.Cl. The van der Waals surface area contributed by atoms with Crippen LogP contribution in [0.2, 0.25) is 0 Å². The Hall–Kier alpha value is -1.27. The number of benzene rings is 2. The van der Waals surface area contributed by atoms with Gasteiger partial charge in [-0.25, -0.2) is 0 Å². The summed E-state index contributed by atoms with van der Waals surface area (Å²) in [7, 11) is 0. The molecule has 140 valence electrons. The third-order valence-corrected chi connectivity index (χ3v) is 3.74. The molecule has 0 saturated heterocycles. The van der Waals surface area contributed by atoms with Crippen LogP contribution in [0.3, 0.4) is 0 Å². The number of nitrogens with one attached hydrogen (secondary N) is 1. The van der Waals surface area contributed by atoms with Crippen LogP contribution in [0.4, 0.5) is 13.2 Å². The molecule has 25 heavy (non-hydrogen) atoms. The second-order valence-electron chi connectivity index (χ2n) is 5.44. The molecule has 2 rings (SSSR count). The largest absolute Gasteiger partial charge is 0.416 e. The second-order valence-corrected chi connectivity index (χ2v) is 5.44. The van der Waals surface area contributed by atoms with Gasteiger partial charge in [0.1, 0.15) is 0 Å². The van der Waals surface area contributed by atoms with Gasteiger partial charge in [-0.3, -0.25) is 0 Å². The van der Waals surface area contributed by atoms with E-state index in [9.17, 15) is 18.3 Å². The Kier molecular flexibility index (Phi) is 10.1. The lowest BCUT2D eigenvalue weighted by molar-refractivity contribution is -0.137. The van der Waals surface area contributed by atoms with Crippen LogP contribution in [0.15, 0.2) is 54.6 Å². The minimum atomic E-state index is -4.35. The first-order valence-corrected chi connectivity index (χ1v) is 7.54.